The maximum absolute atomic E-state index is 11.4. The van der Waals surface area contributed by atoms with Crippen LogP contribution in [0.15, 0.2) is 0 Å². The molecule has 0 radical (unpaired) electrons. The Kier molecular flexibility index (Phi) is 1.68. The van der Waals surface area contributed by atoms with E-state index in [0.717, 1.165) is 44.9 Å². The first-order chi connectivity index (χ1) is 6.15. The Morgan fingerprint density at radius 1 is 0.923 bits per heavy atom. The van der Waals surface area contributed by atoms with Gasteiger partial charge in [-0.2, -0.15) is 0 Å². The fraction of sp³-hybridized carbons (Fsp3) is 0.750. The summed E-state index contributed by atoms with van der Waals surface area (Å²) < 4.78 is 8.56. The van der Waals surface area contributed by atoms with E-state index >= 15 is 0 Å². The zero-order valence-corrected chi connectivity index (χ0v) is 9.63. The van der Waals surface area contributed by atoms with Gasteiger partial charge in [-0.1, -0.05) is 0 Å². The van der Waals surface area contributed by atoms with E-state index in [1.165, 1.54) is 0 Å². The number of carbonyl (C=O) groups excluding carboxylic acids is 2. The van der Waals surface area contributed by atoms with Gasteiger partial charge in [-0.3, -0.25) is 0 Å². The molecule has 0 aromatic heterocycles. The van der Waals surface area contributed by atoms with E-state index in [4.69, 9.17) is 0 Å². The normalized spacial score (nSPS) is 38.5. The quantitative estimate of drug-likeness (QED) is 0.556. The fourth-order valence-electron chi connectivity index (χ4n) is 2.53. The topological polar surface area (TPSA) is 58.2 Å². The monoisotopic (exact) mass is 270 g/mol. The molecule has 2 N–H and O–H groups in total. The van der Waals surface area contributed by atoms with E-state index in [2.05, 4.69) is 7.75 Å². The molecular weight excluding hydrogens is 252 g/mol. The summed E-state index contributed by atoms with van der Waals surface area (Å²) in [6, 6.07) is 0. The second-order valence-electron chi connectivity index (χ2n) is 4.25. The summed E-state index contributed by atoms with van der Waals surface area (Å²) in [4.78, 5) is 24.4. The van der Waals surface area contributed by atoms with Crippen LogP contribution in [-0.2, 0) is 23.6 Å². The molecule has 76 valence electrons. The molecular formula is C8H16MoN2O2. The molecule has 0 aromatic carbocycles. The van der Waals surface area contributed by atoms with Crippen LogP contribution < -0.4 is 7.75 Å². The first kappa shape index (κ1) is 9.50. The summed E-state index contributed by atoms with van der Waals surface area (Å²) in [5.41, 5.74) is 0. The van der Waals surface area contributed by atoms with Gasteiger partial charge >= 0.3 is 76.3 Å². The summed E-state index contributed by atoms with van der Waals surface area (Å²) in [6.07, 6.45) is 1.91. The van der Waals surface area contributed by atoms with Crippen LogP contribution >= 0.6 is 0 Å². The van der Waals surface area contributed by atoms with E-state index in [1.54, 1.807) is 0 Å². The SMILES string of the molecule is O=[CH][Mo]12([CH]=O)([CH2]CC[NH]1)[CH2]CC[NH]2. The summed E-state index contributed by atoms with van der Waals surface area (Å²) in [7, 11) is 0. The average molecular weight is 268 g/mol. The number of carbonyl (C=O) groups is 2. The Hall–Kier alpha value is -0.0517. The molecule has 0 saturated carbocycles. The Morgan fingerprint density at radius 3 is 1.62 bits per heavy atom. The molecule has 2 rings (SSSR count). The van der Waals surface area contributed by atoms with Crippen molar-refractivity contribution in [2.24, 2.45) is 0 Å². The van der Waals surface area contributed by atoms with E-state index in [0.29, 0.717) is 0 Å². The third-order valence-electron chi connectivity index (χ3n) is 3.48. The van der Waals surface area contributed by atoms with Crippen LogP contribution in [0.4, 0.5) is 0 Å². The second-order valence-corrected chi connectivity index (χ2v) is 19.2. The van der Waals surface area contributed by atoms with Gasteiger partial charge in [0.05, 0.1) is 0 Å². The van der Waals surface area contributed by atoms with Gasteiger partial charge in [0, 0.05) is 0 Å². The van der Waals surface area contributed by atoms with Crippen LogP contribution in [0.1, 0.15) is 12.8 Å². The molecule has 5 heteroatoms. The van der Waals surface area contributed by atoms with Crippen LogP contribution in [0.25, 0.3) is 0 Å². The summed E-state index contributed by atoms with van der Waals surface area (Å²) in [5.74, 6) is 0. The molecule has 4 nitrogen and oxygen atoms in total. The molecule has 2 aliphatic rings. The number of hydrogen-bond acceptors (Lipinski definition) is 4. The molecule has 13 heavy (non-hydrogen) atoms. The molecule has 2 aliphatic heterocycles. The Bertz CT molecular complexity index is 236. The van der Waals surface area contributed by atoms with Crippen molar-refractivity contribution < 1.29 is 23.6 Å². The molecule has 0 atom stereocenters. The van der Waals surface area contributed by atoms with Crippen molar-refractivity contribution in [1.82, 2.24) is 7.75 Å². The zero-order chi connectivity index (χ0) is 9.48. The second kappa shape index (κ2) is 2.30. The molecule has 0 unspecified atom stereocenters. The van der Waals surface area contributed by atoms with Crippen molar-refractivity contribution in [1.29, 1.82) is 0 Å². The first-order valence-corrected chi connectivity index (χ1v) is 11.8. The van der Waals surface area contributed by atoms with Gasteiger partial charge in [0.25, 0.3) is 0 Å². The number of hydrogen-bond donors (Lipinski definition) is 2. The molecule has 0 aliphatic carbocycles. The van der Waals surface area contributed by atoms with Gasteiger partial charge in [-0.05, 0) is 0 Å². The van der Waals surface area contributed by atoms with E-state index in [-0.39, 0.29) is 0 Å². The van der Waals surface area contributed by atoms with Crippen molar-refractivity contribution in [2.45, 2.75) is 22.5 Å². The molecule has 2 saturated heterocycles. The third-order valence-corrected chi connectivity index (χ3v) is 18.8. The molecule has 0 aromatic rings. The van der Waals surface area contributed by atoms with Crippen LogP contribution in [0, 0.1) is 0 Å². The van der Waals surface area contributed by atoms with E-state index in [1.807, 2.05) is 0 Å². The van der Waals surface area contributed by atoms with Gasteiger partial charge in [0.1, 0.15) is 0 Å². The van der Waals surface area contributed by atoms with E-state index < -0.39 is 14.1 Å². The summed E-state index contributed by atoms with van der Waals surface area (Å²) in [6.45, 7) is 1.63. The van der Waals surface area contributed by atoms with Crippen LogP contribution in [0.2, 0.25) is 9.62 Å². The Morgan fingerprint density at radius 2 is 1.38 bits per heavy atom. The number of nitrogens with one attached hydrogen (secondary N) is 2. The van der Waals surface area contributed by atoms with Crippen LogP contribution in [0.3, 0.4) is 0 Å². The molecule has 1 spiro atoms. The molecule has 0 amide bonds. The van der Waals surface area contributed by atoms with Crippen LogP contribution in [-0.4, -0.2) is 22.4 Å². The fourth-order valence-corrected chi connectivity index (χ4v) is 15.0. The van der Waals surface area contributed by atoms with Crippen molar-refractivity contribution in [3.8, 4) is 0 Å². The average Bonchev–Trinajstić information content (AvgIpc) is 2.77. The Balaban J connectivity index is 2.61. The Labute approximate surface area is 76.5 Å². The van der Waals surface area contributed by atoms with Gasteiger partial charge < -0.3 is 0 Å². The summed E-state index contributed by atoms with van der Waals surface area (Å²) >= 11 is -4.19. The minimum absolute atomic E-state index is 0.772. The van der Waals surface area contributed by atoms with Crippen molar-refractivity contribution in [3.63, 3.8) is 0 Å². The van der Waals surface area contributed by atoms with Crippen LogP contribution in [0.5, 0.6) is 0 Å². The standard InChI is InChI=1S/2C3H7N.2CHO.Mo/c2*1-2-3-4;2*1-2;/h2*4H,1-3H2;2*1H;/q2*-1;;;+2. The van der Waals surface area contributed by atoms with Gasteiger partial charge in [-0.25, -0.2) is 0 Å². The van der Waals surface area contributed by atoms with E-state index in [9.17, 15) is 9.59 Å². The zero-order valence-electron chi connectivity index (χ0n) is 7.62. The number of rotatable bonds is 2. The molecule has 2 fully saturated rings. The summed E-state index contributed by atoms with van der Waals surface area (Å²) in [5, 5.41) is 0. The molecule has 2 heterocycles. The van der Waals surface area contributed by atoms with Crippen molar-refractivity contribution >= 4 is 9.35 Å². The van der Waals surface area contributed by atoms with Gasteiger partial charge in [0.2, 0.25) is 0 Å². The predicted molar refractivity (Wildman–Crippen MR) is 48.4 cm³/mol. The van der Waals surface area contributed by atoms with Crippen molar-refractivity contribution in [2.75, 3.05) is 13.1 Å². The maximum atomic E-state index is 11.4. The first-order valence-electron chi connectivity index (χ1n) is 4.64. The minimum atomic E-state index is -4.19. The predicted octanol–water partition coefficient (Wildman–Crippen LogP) is 0.245. The molecule has 0 bridgehead atoms. The van der Waals surface area contributed by atoms with Crippen molar-refractivity contribution in [3.05, 3.63) is 0 Å². The van der Waals surface area contributed by atoms with Gasteiger partial charge in [-0.15, -0.1) is 0 Å². The van der Waals surface area contributed by atoms with Gasteiger partial charge in [0.15, 0.2) is 0 Å². The third kappa shape index (κ3) is 0.915.